The van der Waals surface area contributed by atoms with Crippen LogP contribution >= 0.6 is 31.9 Å². The lowest BCUT2D eigenvalue weighted by Crippen LogP contribution is -2.33. The van der Waals surface area contributed by atoms with Gasteiger partial charge in [0.05, 0.1) is 6.54 Å². The standard InChI is InChI=1S/C14H10Br2F2N2O3S/c15-11-5-9(18)6-12(16)14(11)24(22,23)19-7-13(21)20-10-3-1-8(17)2-4-10/h1-6,19H,7H2,(H,20,21). The van der Waals surface area contributed by atoms with Crippen LogP contribution in [-0.2, 0) is 14.8 Å². The molecule has 0 fully saturated rings. The Morgan fingerprint density at radius 3 is 2.08 bits per heavy atom. The fourth-order valence-electron chi connectivity index (χ4n) is 1.76. The molecule has 128 valence electrons. The Labute approximate surface area is 153 Å². The number of halogens is 4. The smallest absolute Gasteiger partial charge is 0.243 e. The lowest BCUT2D eigenvalue weighted by molar-refractivity contribution is -0.115. The van der Waals surface area contributed by atoms with Gasteiger partial charge in [0.25, 0.3) is 0 Å². The minimum atomic E-state index is -4.06. The molecule has 0 spiro atoms. The molecule has 2 N–H and O–H groups in total. The second-order valence-electron chi connectivity index (χ2n) is 4.58. The van der Waals surface area contributed by atoms with Gasteiger partial charge >= 0.3 is 0 Å². The van der Waals surface area contributed by atoms with Gasteiger partial charge in [-0.2, -0.15) is 0 Å². The third-order valence-corrected chi connectivity index (χ3v) is 6.06. The van der Waals surface area contributed by atoms with Crippen molar-refractivity contribution < 1.29 is 22.0 Å². The quantitative estimate of drug-likeness (QED) is 0.684. The average molecular weight is 484 g/mol. The van der Waals surface area contributed by atoms with Gasteiger partial charge in [0, 0.05) is 14.6 Å². The zero-order valence-electron chi connectivity index (χ0n) is 11.8. The van der Waals surface area contributed by atoms with Gasteiger partial charge < -0.3 is 5.32 Å². The average Bonchev–Trinajstić information content (AvgIpc) is 2.46. The maximum Gasteiger partial charge on any atom is 0.243 e. The Morgan fingerprint density at radius 1 is 1.00 bits per heavy atom. The van der Waals surface area contributed by atoms with Gasteiger partial charge in [0.15, 0.2) is 0 Å². The Kier molecular flexibility index (Phi) is 6.07. The van der Waals surface area contributed by atoms with Crippen LogP contribution < -0.4 is 10.0 Å². The van der Waals surface area contributed by atoms with Crippen molar-refractivity contribution in [1.29, 1.82) is 0 Å². The lowest BCUT2D eigenvalue weighted by atomic mass is 10.3. The van der Waals surface area contributed by atoms with Crippen molar-refractivity contribution in [2.75, 3.05) is 11.9 Å². The minimum Gasteiger partial charge on any atom is -0.325 e. The Morgan fingerprint density at radius 2 is 1.54 bits per heavy atom. The van der Waals surface area contributed by atoms with Gasteiger partial charge in [-0.3, -0.25) is 4.79 Å². The topological polar surface area (TPSA) is 75.3 Å². The van der Waals surface area contributed by atoms with Gasteiger partial charge in [-0.05, 0) is 68.3 Å². The summed E-state index contributed by atoms with van der Waals surface area (Å²) in [6.45, 7) is -0.546. The van der Waals surface area contributed by atoms with E-state index in [4.69, 9.17) is 0 Å². The highest BCUT2D eigenvalue weighted by molar-refractivity contribution is 9.11. The van der Waals surface area contributed by atoms with Crippen LogP contribution in [-0.4, -0.2) is 20.9 Å². The summed E-state index contributed by atoms with van der Waals surface area (Å²) in [4.78, 5) is 11.6. The van der Waals surface area contributed by atoms with Crippen LogP contribution in [0.2, 0.25) is 0 Å². The number of anilines is 1. The molecule has 0 atom stereocenters. The fourth-order valence-corrected chi connectivity index (χ4v) is 5.26. The molecule has 2 rings (SSSR count). The molecule has 0 radical (unpaired) electrons. The first-order valence-electron chi connectivity index (χ1n) is 6.38. The Bertz CT molecular complexity index is 851. The van der Waals surface area contributed by atoms with Crippen molar-refractivity contribution in [2.24, 2.45) is 0 Å². The van der Waals surface area contributed by atoms with Crippen LogP contribution in [0.4, 0.5) is 14.5 Å². The third-order valence-electron chi connectivity index (χ3n) is 2.78. The van der Waals surface area contributed by atoms with E-state index < -0.39 is 34.1 Å². The highest BCUT2D eigenvalue weighted by atomic mass is 79.9. The zero-order valence-corrected chi connectivity index (χ0v) is 15.8. The van der Waals surface area contributed by atoms with E-state index in [9.17, 15) is 22.0 Å². The summed E-state index contributed by atoms with van der Waals surface area (Å²) >= 11 is 5.95. The number of hydrogen-bond acceptors (Lipinski definition) is 3. The minimum absolute atomic E-state index is 0.0146. The van der Waals surface area contributed by atoms with Gasteiger partial charge in [0.2, 0.25) is 15.9 Å². The van der Waals surface area contributed by atoms with Crippen LogP contribution in [0.5, 0.6) is 0 Å². The Balaban J connectivity index is 2.07. The molecule has 24 heavy (non-hydrogen) atoms. The Hall–Kier alpha value is -1.36. The largest absolute Gasteiger partial charge is 0.325 e. The molecule has 0 saturated carbocycles. The second kappa shape index (κ2) is 7.68. The van der Waals surface area contributed by atoms with Crippen LogP contribution in [0, 0.1) is 11.6 Å². The van der Waals surface area contributed by atoms with Gasteiger partial charge in [-0.25, -0.2) is 21.9 Å². The molecule has 2 aromatic rings. The predicted octanol–water partition coefficient (Wildman–Crippen LogP) is 3.41. The van der Waals surface area contributed by atoms with E-state index in [0.29, 0.717) is 5.69 Å². The molecule has 0 unspecified atom stereocenters. The van der Waals surface area contributed by atoms with E-state index in [0.717, 1.165) is 24.3 Å². The van der Waals surface area contributed by atoms with E-state index >= 15 is 0 Å². The van der Waals surface area contributed by atoms with Crippen LogP contribution in [0.25, 0.3) is 0 Å². The van der Waals surface area contributed by atoms with E-state index in [1.54, 1.807) is 0 Å². The summed E-state index contributed by atoms with van der Waals surface area (Å²) in [6.07, 6.45) is 0. The highest BCUT2D eigenvalue weighted by Gasteiger charge is 2.23. The zero-order chi connectivity index (χ0) is 17.9. The number of hydrogen-bond donors (Lipinski definition) is 2. The molecule has 0 heterocycles. The number of nitrogens with one attached hydrogen (secondary N) is 2. The number of sulfonamides is 1. The molecule has 0 saturated heterocycles. The second-order valence-corrected chi connectivity index (χ2v) is 7.99. The summed E-state index contributed by atoms with van der Waals surface area (Å²) < 4.78 is 52.7. The summed E-state index contributed by atoms with van der Waals surface area (Å²) in [5.41, 5.74) is 0.324. The first kappa shape index (κ1) is 19.0. The van der Waals surface area contributed by atoms with Gasteiger partial charge in [0.1, 0.15) is 16.5 Å². The molecule has 0 aromatic heterocycles. The summed E-state index contributed by atoms with van der Waals surface area (Å²) in [5, 5.41) is 2.42. The highest BCUT2D eigenvalue weighted by Crippen LogP contribution is 2.30. The molecule has 2 aromatic carbocycles. The molecule has 5 nitrogen and oxygen atoms in total. The number of rotatable bonds is 5. The third kappa shape index (κ3) is 4.82. The molecular formula is C14H10Br2F2N2O3S. The first-order valence-corrected chi connectivity index (χ1v) is 9.45. The molecule has 0 aliphatic heterocycles. The number of benzene rings is 2. The molecule has 1 amide bonds. The number of amides is 1. The van der Waals surface area contributed by atoms with Crippen molar-refractivity contribution in [3.8, 4) is 0 Å². The maximum absolute atomic E-state index is 13.2. The van der Waals surface area contributed by atoms with Crippen LogP contribution in [0.1, 0.15) is 0 Å². The monoisotopic (exact) mass is 482 g/mol. The van der Waals surface area contributed by atoms with E-state index in [2.05, 4.69) is 41.9 Å². The summed E-state index contributed by atoms with van der Waals surface area (Å²) in [6, 6.07) is 7.00. The normalized spacial score (nSPS) is 11.3. The molecule has 10 heteroatoms. The van der Waals surface area contributed by atoms with Crippen LogP contribution in [0.15, 0.2) is 50.2 Å². The molecular weight excluding hydrogens is 474 g/mol. The van der Waals surface area contributed by atoms with Gasteiger partial charge in [-0.15, -0.1) is 0 Å². The fraction of sp³-hybridized carbons (Fsp3) is 0.0714. The van der Waals surface area contributed by atoms with Crippen molar-refractivity contribution in [2.45, 2.75) is 4.90 Å². The SMILES string of the molecule is O=C(CNS(=O)(=O)c1c(Br)cc(F)cc1Br)Nc1ccc(F)cc1. The van der Waals surface area contributed by atoms with Gasteiger partial charge in [-0.1, -0.05) is 0 Å². The molecule has 0 aliphatic rings. The van der Waals surface area contributed by atoms with Crippen molar-refractivity contribution in [3.63, 3.8) is 0 Å². The maximum atomic E-state index is 13.2. The van der Waals surface area contributed by atoms with E-state index in [1.165, 1.54) is 12.1 Å². The van der Waals surface area contributed by atoms with E-state index in [1.807, 2.05) is 0 Å². The molecule has 0 bridgehead atoms. The molecule has 0 aliphatic carbocycles. The number of carbonyl (C=O) groups is 1. The summed E-state index contributed by atoms with van der Waals surface area (Å²) in [7, 11) is -4.06. The summed E-state index contributed by atoms with van der Waals surface area (Å²) in [5.74, 6) is -1.72. The van der Waals surface area contributed by atoms with Crippen molar-refractivity contribution in [3.05, 3.63) is 57.0 Å². The first-order chi connectivity index (χ1) is 11.2. The van der Waals surface area contributed by atoms with E-state index in [-0.39, 0.29) is 13.8 Å². The predicted molar refractivity (Wildman–Crippen MR) is 92.0 cm³/mol. The number of carbonyl (C=O) groups excluding carboxylic acids is 1. The van der Waals surface area contributed by atoms with Crippen molar-refractivity contribution in [1.82, 2.24) is 4.72 Å². The lowest BCUT2D eigenvalue weighted by Gasteiger charge is -2.11. The van der Waals surface area contributed by atoms with Crippen LogP contribution in [0.3, 0.4) is 0 Å². The van der Waals surface area contributed by atoms with Crippen molar-refractivity contribution >= 4 is 53.5 Å².